The van der Waals surface area contributed by atoms with Crippen LogP contribution in [0.3, 0.4) is 0 Å². The SMILES string of the molecule is CC/C=C\C/C=C\C/C=C\C/C=C\C/C=C\C/C=C\CCC(=O)O[C@H](COC(=O)CCC/C=C\C/C=C\C/C=C\C/C=C\C=C\[C@@H](O)CC)COP(=O)(O)O. The van der Waals surface area contributed by atoms with Crippen molar-refractivity contribution in [2.75, 3.05) is 13.2 Å². The monoisotopic (exact) mass is 782 g/mol. The van der Waals surface area contributed by atoms with Gasteiger partial charge < -0.3 is 24.4 Å². The number of carbonyl (C=O) groups is 2. The molecule has 0 heterocycles. The third-order valence-electron chi connectivity index (χ3n) is 7.34. The molecule has 0 spiro atoms. The van der Waals surface area contributed by atoms with Crippen LogP contribution in [0.15, 0.2) is 134 Å². The third kappa shape index (κ3) is 41.2. The van der Waals surface area contributed by atoms with E-state index < -0.39 is 32.5 Å². The standard InChI is InChI=1S/C45H67O9P/c1-3-5-6-7-8-9-10-11-12-13-14-15-16-21-24-27-30-33-36-39-45(48)54-43(41-53-55(49,50)51)40-52-44(47)38-35-32-29-26-23-20-18-17-19-22-25-28-31-34-37-42(46)4-2/h5-6,8-9,11-12,14-15,18-22,24,26,28-31,33-34,37,42-43,46H,3-4,7,10,13,16-17,23,25,27,32,35-36,38-41H2,1-2H3,(H2,49,50,51)/b6-5-,9-8-,12-11-,15-14-,20-18-,22-19-,24-21-,29-26-,31-28-,33-30-,37-34+/t42-,43+/m0/s1. The summed E-state index contributed by atoms with van der Waals surface area (Å²) in [5, 5.41) is 9.45. The van der Waals surface area contributed by atoms with Gasteiger partial charge in [0.25, 0.3) is 0 Å². The molecule has 9 nitrogen and oxygen atoms in total. The highest BCUT2D eigenvalue weighted by atomic mass is 31.2. The molecule has 0 aliphatic carbocycles. The molecule has 0 unspecified atom stereocenters. The quantitative estimate of drug-likeness (QED) is 0.0195. The van der Waals surface area contributed by atoms with Crippen molar-refractivity contribution in [3.63, 3.8) is 0 Å². The molecule has 0 fully saturated rings. The first-order chi connectivity index (χ1) is 26.7. The fourth-order valence-corrected chi connectivity index (χ4v) is 4.69. The van der Waals surface area contributed by atoms with Crippen molar-refractivity contribution < 1.29 is 43.0 Å². The number of carbonyl (C=O) groups excluding carboxylic acids is 2. The van der Waals surface area contributed by atoms with E-state index in [0.717, 1.165) is 57.8 Å². The van der Waals surface area contributed by atoms with Crippen LogP contribution in [0.2, 0.25) is 0 Å². The first kappa shape index (κ1) is 51.1. The van der Waals surface area contributed by atoms with E-state index >= 15 is 0 Å². The summed E-state index contributed by atoms with van der Waals surface area (Å²) in [6.07, 6.45) is 54.2. The first-order valence-corrected chi connectivity index (χ1v) is 21.1. The van der Waals surface area contributed by atoms with Crippen LogP contribution in [-0.2, 0) is 28.2 Å². The Hall–Kier alpha value is -3.85. The summed E-state index contributed by atoms with van der Waals surface area (Å²) in [5.74, 6) is -1.09. The van der Waals surface area contributed by atoms with Crippen LogP contribution in [-0.4, -0.2) is 52.3 Å². The van der Waals surface area contributed by atoms with E-state index in [1.807, 2.05) is 49.5 Å². The fourth-order valence-electron chi connectivity index (χ4n) is 4.32. The molecule has 0 aromatic heterocycles. The Bertz CT molecular complexity index is 1360. The molecule has 0 aliphatic rings. The number of allylic oxidation sites excluding steroid dienone is 21. The van der Waals surface area contributed by atoms with E-state index in [1.165, 1.54) is 0 Å². The average Bonchev–Trinajstić information content (AvgIpc) is 3.16. The fraction of sp³-hybridized carbons (Fsp3) is 0.467. The predicted molar refractivity (Wildman–Crippen MR) is 226 cm³/mol. The summed E-state index contributed by atoms with van der Waals surface area (Å²) in [6, 6.07) is 0. The Labute approximate surface area is 331 Å². The van der Waals surface area contributed by atoms with Gasteiger partial charge in [0, 0.05) is 12.8 Å². The topological polar surface area (TPSA) is 140 Å². The smallest absolute Gasteiger partial charge is 0.462 e. The molecule has 0 aromatic rings. The molecule has 3 N–H and O–H groups in total. The molecule has 0 rings (SSSR count). The molecule has 0 saturated carbocycles. The zero-order chi connectivity index (χ0) is 40.5. The number of esters is 2. The predicted octanol–water partition coefficient (Wildman–Crippen LogP) is 10.9. The van der Waals surface area contributed by atoms with Crippen molar-refractivity contribution in [1.82, 2.24) is 0 Å². The minimum absolute atomic E-state index is 0.0582. The Morgan fingerprint density at radius 3 is 1.49 bits per heavy atom. The summed E-state index contributed by atoms with van der Waals surface area (Å²) in [6.45, 7) is 3.10. The van der Waals surface area contributed by atoms with Crippen LogP contribution in [0.4, 0.5) is 0 Å². The number of ether oxygens (including phenoxy) is 2. The van der Waals surface area contributed by atoms with Crippen molar-refractivity contribution in [3.8, 4) is 0 Å². The van der Waals surface area contributed by atoms with Gasteiger partial charge in [-0.3, -0.25) is 14.1 Å². The van der Waals surface area contributed by atoms with Crippen molar-refractivity contribution in [2.45, 2.75) is 122 Å². The van der Waals surface area contributed by atoms with Gasteiger partial charge in [0.2, 0.25) is 0 Å². The second-order valence-corrected chi connectivity index (χ2v) is 13.6. The molecule has 0 saturated heterocycles. The zero-order valence-electron chi connectivity index (χ0n) is 33.1. The van der Waals surface area contributed by atoms with Crippen LogP contribution in [0.1, 0.15) is 110 Å². The van der Waals surface area contributed by atoms with Crippen LogP contribution in [0.5, 0.6) is 0 Å². The zero-order valence-corrected chi connectivity index (χ0v) is 34.0. The number of phosphoric acid groups is 1. The second kappa shape index (κ2) is 38.4. The number of hydrogen-bond donors (Lipinski definition) is 3. The average molecular weight is 783 g/mol. The highest BCUT2D eigenvalue weighted by Crippen LogP contribution is 2.35. The van der Waals surface area contributed by atoms with Crippen molar-refractivity contribution in [1.29, 1.82) is 0 Å². The van der Waals surface area contributed by atoms with Gasteiger partial charge in [-0.1, -0.05) is 148 Å². The van der Waals surface area contributed by atoms with Crippen LogP contribution < -0.4 is 0 Å². The molecular weight excluding hydrogens is 715 g/mol. The molecule has 10 heteroatoms. The summed E-state index contributed by atoms with van der Waals surface area (Å²) in [7, 11) is -4.80. The van der Waals surface area contributed by atoms with E-state index in [0.29, 0.717) is 25.7 Å². The van der Waals surface area contributed by atoms with Crippen molar-refractivity contribution in [3.05, 3.63) is 134 Å². The number of unbranched alkanes of at least 4 members (excludes halogenated alkanes) is 1. The number of hydrogen-bond acceptors (Lipinski definition) is 7. The van der Waals surface area contributed by atoms with Gasteiger partial charge >= 0.3 is 19.8 Å². The van der Waals surface area contributed by atoms with Crippen LogP contribution in [0, 0.1) is 0 Å². The normalized spacial score (nSPS) is 14.5. The van der Waals surface area contributed by atoms with Crippen molar-refractivity contribution >= 4 is 19.8 Å². The van der Waals surface area contributed by atoms with Gasteiger partial charge in [-0.05, 0) is 83.5 Å². The summed E-state index contributed by atoms with van der Waals surface area (Å²) in [5.41, 5.74) is 0. The Morgan fingerprint density at radius 2 is 1.02 bits per heavy atom. The van der Waals surface area contributed by atoms with Crippen LogP contribution in [0.25, 0.3) is 0 Å². The molecule has 0 radical (unpaired) electrons. The number of phosphoric ester groups is 1. The Kier molecular flexibility index (Phi) is 35.7. The lowest BCUT2D eigenvalue weighted by Gasteiger charge is -2.18. The number of aliphatic hydroxyl groups excluding tert-OH is 1. The van der Waals surface area contributed by atoms with Gasteiger partial charge in [0.15, 0.2) is 6.10 Å². The van der Waals surface area contributed by atoms with Gasteiger partial charge in [-0.25, -0.2) is 4.57 Å². The highest BCUT2D eigenvalue weighted by Gasteiger charge is 2.22. The van der Waals surface area contributed by atoms with Gasteiger partial charge in [0.1, 0.15) is 6.61 Å². The maximum absolute atomic E-state index is 12.4. The molecule has 55 heavy (non-hydrogen) atoms. The number of rotatable bonds is 33. The lowest BCUT2D eigenvalue weighted by atomic mass is 10.2. The number of aliphatic hydroxyl groups is 1. The van der Waals surface area contributed by atoms with E-state index in [-0.39, 0.29) is 25.6 Å². The van der Waals surface area contributed by atoms with Gasteiger partial charge in [-0.15, -0.1) is 0 Å². The van der Waals surface area contributed by atoms with E-state index in [2.05, 4.69) is 96.5 Å². The summed E-state index contributed by atoms with van der Waals surface area (Å²) < 4.78 is 26.2. The minimum atomic E-state index is -4.80. The molecule has 0 bridgehead atoms. The highest BCUT2D eigenvalue weighted by molar-refractivity contribution is 7.46. The summed E-state index contributed by atoms with van der Waals surface area (Å²) in [4.78, 5) is 42.7. The molecule has 0 aliphatic heterocycles. The molecular formula is C45H67O9P. The Morgan fingerprint density at radius 1 is 0.564 bits per heavy atom. The lowest BCUT2D eigenvalue weighted by Crippen LogP contribution is -2.29. The molecule has 0 amide bonds. The van der Waals surface area contributed by atoms with E-state index in [4.69, 9.17) is 19.3 Å². The molecule has 306 valence electrons. The maximum Gasteiger partial charge on any atom is 0.469 e. The van der Waals surface area contributed by atoms with E-state index in [9.17, 15) is 19.3 Å². The largest absolute Gasteiger partial charge is 0.469 e. The summed E-state index contributed by atoms with van der Waals surface area (Å²) >= 11 is 0. The van der Waals surface area contributed by atoms with Crippen LogP contribution >= 0.6 is 7.82 Å². The Balaban J connectivity index is 4.24. The van der Waals surface area contributed by atoms with Crippen molar-refractivity contribution in [2.24, 2.45) is 0 Å². The first-order valence-electron chi connectivity index (χ1n) is 19.6. The second-order valence-electron chi connectivity index (χ2n) is 12.3. The third-order valence-corrected chi connectivity index (χ3v) is 7.82. The maximum atomic E-state index is 12.4. The molecule has 2 atom stereocenters. The minimum Gasteiger partial charge on any atom is -0.462 e. The van der Waals surface area contributed by atoms with Gasteiger partial charge in [0.05, 0.1) is 12.7 Å². The van der Waals surface area contributed by atoms with E-state index in [1.54, 1.807) is 6.08 Å². The van der Waals surface area contributed by atoms with Gasteiger partial charge in [-0.2, -0.15) is 0 Å². The molecule has 0 aromatic carbocycles. The lowest BCUT2D eigenvalue weighted by molar-refractivity contribution is -0.161.